The van der Waals surface area contributed by atoms with Crippen LogP contribution in [0.1, 0.15) is 12.5 Å². The summed E-state index contributed by atoms with van der Waals surface area (Å²) >= 11 is 0. The van der Waals surface area contributed by atoms with Crippen molar-refractivity contribution < 1.29 is 13.2 Å². The molecule has 1 aromatic heterocycles. The summed E-state index contributed by atoms with van der Waals surface area (Å²) in [5.74, 6) is 0.518. The van der Waals surface area contributed by atoms with Gasteiger partial charge in [0.25, 0.3) is 0 Å². The lowest BCUT2D eigenvalue weighted by Crippen LogP contribution is -2.33. The number of guanidine groups is 1. The number of amidine groups is 1. The Morgan fingerprint density at radius 1 is 1.19 bits per heavy atom. The van der Waals surface area contributed by atoms with Crippen molar-refractivity contribution in [1.29, 1.82) is 5.41 Å². The number of nitrogens with one attached hydrogen (secondary N) is 3. The van der Waals surface area contributed by atoms with E-state index in [0.717, 1.165) is 12.1 Å². The standard InChI is InChI=1S/C17H20F3N7/c1-10(25-16(21)22)24-15-5-4-12(9-23-15)26-13-6-11(17(18,19)20)7-14(8-13)27(2)3/h4-9,26H,1-3H3,(H4,21,22,23,24,25). The molecule has 2 aromatic rings. The molecule has 0 atom stereocenters. The molecule has 2 rings (SSSR count). The molecule has 0 aliphatic heterocycles. The first-order valence-electron chi connectivity index (χ1n) is 7.83. The van der Waals surface area contributed by atoms with Gasteiger partial charge in [0, 0.05) is 25.5 Å². The van der Waals surface area contributed by atoms with Crippen LogP contribution < -0.4 is 21.3 Å². The summed E-state index contributed by atoms with van der Waals surface area (Å²) in [5, 5.41) is 12.6. The van der Waals surface area contributed by atoms with Gasteiger partial charge in [-0.2, -0.15) is 13.2 Å². The molecule has 0 saturated carbocycles. The van der Waals surface area contributed by atoms with Crippen LogP contribution >= 0.6 is 0 Å². The number of anilines is 3. The lowest BCUT2D eigenvalue weighted by molar-refractivity contribution is -0.137. The molecule has 27 heavy (non-hydrogen) atoms. The van der Waals surface area contributed by atoms with E-state index in [9.17, 15) is 13.2 Å². The summed E-state index contributed by atoms with van der Waals surface area (Å²) in [6.07, 6.45) is -2.99. The lowest BCUT2D eigenvalue weighted by Gasteiger charge is -2.18. The molecule has 0 bridgehead atoms. The molecule has 0 aliphatic rings. The van der Waals surface area contributed by atoms with Gasteiger partial charge in [-0.3, -0.25) is 5.41 Å². The second-order valence-electron chi connectivity index (χ2n) is 5.93. The molecule has 5 N–H and O–H groups in total. The summed E-state index contributed by atoms with van der Waals surface area (Å²) in [5.41, 5.74) is 5.70. The second-order valence-corrected chi connectivity index (χ2v) is 5.93. The third-order valence-corrected chi connectivity index (χ3v) is 3.40. The van der Waals surface area contributed by atoms with E-state index < -0.39 is 11.7 Å². The first-order valence-corrected chi connectivity index (χ1v) is 7.83. The third-order valence-electron chi connectivity index (χ3n) is 3.40. The normalized spacial score (nSPS) is 11.9. The number of nitrogens with zero attached hydrogens (tertiary/aromatic N) is 3. The molecular weight excluding hydrogens is 359 g/mol. The first-order chi connectivity index (χ1) is 12.5. The van der Waals surface area contributed by atoms with Gasteiger partial charge in [-0.1, -0.05) is 0 Å². The van der Waals surface area contributed by atoms with Crippen LogP contribution in [0.5, 0.6) is 0 Å². The van der Waals surface area contributed by atoms with Gasteiger partial charge < -0.3 is 21.3 Å². The van der Waals surface area contributed by atoms with E-state index in [-0.39, 0.29) is 5.96 Å². The maximum atomic E-state index is 13.1. The Bertz CT molecular complexity index is 843. The van der Waals surface area contributed by atoms with Crippen molar-refractivity contribution >= 4 is 34.7 Å². The van der Waals surface area contributed by atoms with Crippen LogP contribution in [0.25, 0.3) is 0 Å². The average Bonchev–Trinajstić information content (AvgIpc) is 2.54. The van der Waals surface area contributed by atoms with E-state index >= 15 is 0 Å². The minimum absolute atomic E-state index is 0.240. The number of nitrogens with two attached hydrogens (primary N) is 1. The van der Waals surface area contributed by atoms with Gasteiger partial charge in [0.15, 0.2) is 11.8 Å². The second kappa shape index (κ2) is 7.94. The number of pyridine rings is 1. The Kier molecular flexibility index (Phi) is 5.88. The van der Waals surface area contributed by atoms with Crippen LogP contribution in [-0.2, 0) is 6.18 Å². The monoisotopic (exact) mass is 379 g/mol. The molecule has 1 aromatic carbocycles. The average molecular weight is 379 g/mol. The minimum atomic E-state index is -4.44. The maximum Gasteiger partial charge on any atom is 0.416 e. The largest absolute Gasteiger partial charge is 0.416 e. The van der Waals surface area contributed by atoms with Crippen LogP contribution in [0.2, 0.25) is 0 Å². The predicted octanol–water partition coefficient (Wildman–Crippen LogP) is 3.44. The molecule has 0 saturated heterocycles. The zero-order valence-electron chi connectivity index (χ0n) is 15.0. The molecule has 10 heteroatoms. The van der Waals surface area contributed by atoms with Crippen LogP contribution in [0.4, 0.5) is 36.1 Å². The van der Waals surface area contributed by atoms with Crippen LogP contribution in [0, 0.1) is 5.41 Å². The highest BCUT2D eigenvalue weighted by atomic mass is 19.4. The van der Waals surface area contributed by atoms with E-state index in [4.69, 9.17) is 11.1 Å². The number of hydrogen-bond donors (Lipinski definition) is 4. The number of aromatic nitrogens is 1. The molecule has 0 amide bonds. The quantitative estimate of drug-likeness (QED) is 0.481. The number of hydrogen-bond acceptors (Lipinski definition) is 5. The highest BCUT2D eigenvalue weighted by Gasteiger charge is 2.31. The number of rotatable bonds is 4. The highest BCUT2D eigenvalue weighted by Crippen LogP contribution is 2.34. The number of alkyl halides is 3. The highest BCUT2D eigenvalue weighted by molar-refractivity contribution is 5.97. The molecule has 0 aliphatic carbocycles. The molecular formula is C17H20F3N7. The van der Waals surface area contributed by atoms with Gasteiger partial charge >= 0.3 is 6.18 Å². The number of benzene rings is 1. The van der Waals surface area contributed by atoms with Gasteiger partial charge in [0.1, 0.15) is 5.84 Å². The van der Waals surface area contributed by atoms with E-state index in [2.05, 4.69) is 20.6 Å². The Hall–Kier alpha value is -3.30. The molecule has 7 nitrogen and oxygen atoms in total. The molecule has 0 fully saturated rings. The van der Waals surface area contributed by atoms with Crippen molar-refractivity contribution in [2.75, 3.05) is 24.3 Å². The lowest BCUT2D eigenvalue weighted by atomic mass is 10.1. The summed E-state index contributed by atoms with van der Waals surface area (Å²) in [4.78, 5) is 9.84. The Labute approximate surface area is 154 Å². The fourth-order valence-electron chi connectivity index (χ4n) is 2.19. The number of halogens is 3. The van der Waals surface area contributed by atoms with Gasteiger partial charge in [0.05, 0.1) is 17.4 Å². The van der Waals surface area contributed by atoms with Crippen molar-refractivity contribution in [3.63, 3.8) is 0 Å². The summed E-state index contributed by atoms with van der Waals surface area (Å²) < 4.78 is 39.3. The summed E-state index contributed by atoms with van der Waals surface area (Å²) in [7, 11) is 3.34. The smallest absolute Gasteiger partial charge is 0.378 e. The zero-order chi connectivity index (χ0) is 20.2. The number of aliphatic imine (C=N–C) groups is 1. The van der Waals surface area contributed by atoms with Crippen LogP contribution in [-0.4, -0.2) is 30.9 Å². The minimum Gasteiger partial charge on any atom is -0.378 e. The van der Waals surface area contributed by atoms with Gasteiger partial charge in [-0.25, -0.2) is 9.98 Å². The van der Waals surface area contributed by atoms with Crippen molar-refractivity contribution in [3.05, 3.63) is 42.1 Å². The molecule has 1 heterocycles. The first kappa shape index (κ1) is 20.0. The topological polar surface area (TPSA) is 102 Å². The van der Waals surface area contributed by atoms with E-state index in [1.807, 2.05) is 0 Å². The SMILES string of the molecule is C/C(=N\c1ccc(Nc2cc(N(C)C)cc(C(F)(F)F)c2)cn1)NC(=N)N. The molecule has 0 radical (unpaired) electrons. The Morgan fingerprint density at radius 2 is 1.89 bits per heavy atom. The van der Waals surface area contributed by atoms with Crippen LogP contribution in [0.3, 0.4) is 0 Å². The van der Waals surface area contributed by atoms with E-state index in [1.165, 1.54) is 6.20 Å². The summed E-state index contributed by atoms with van der Waals surface area (Å²) in [6.45, 7) is 1.63. The summed E-state index contributed by atoms with van der Waals surface area (Å²) in [6, 6.07) is 6.98. The van der Waals surface area contributed by atoms with Crippen molar-refractivity contribution in [2.45, 2.75) is 13.1 Å². The van der Waals surface area contributed by atoms with Crippen LogP contribution in [0.15, 0.2) is 41.5 Å². The maximum absolute atomic E-state index is 13.1. The Balaban J connectivity index is 2.24. The fourth-order valence-corrected chi connectivity index (χ4v) is 2.19. The predicted molar refractivity (Wildman–Crippen MR) is 101 cm³/mol. The van der Waals surface area contributed by atoms with E-state index in [1.54, 1.807) is 44.1 Å². The van der Waals surface area contributed by atoms with Crippen molar-refractivity contribution in [1.82, 2.24) is 10.3 Å². The molecule has 0 unspecified atom stereocenters. The van der Waals surface area contributed by atoms with E-state index in [0.29, 0.717) is 28.7 Å². The fraction of sp³-hybridized carbons (Fsp3) is 0.235. The zero-order valence-corrected chi connectivity index (χ0v) is 15.0. The molecule has 144 valence electrons. The van der Waals surface area contributed by atoms with Gasteiger partial charge in [-0.05, 0) is 37.3 Å². The third kappa shape index (κ3) is 5.87. The molecule has 0 spiro atoms. The van der Waals surface area contributed by atoms with Gasteiger partial charge in [-0.15, -0.1) is 0 Å². The van der Waals surface area contributed by atoms with Crippen molar-refractivity contribution in [2.24, 2.45) is 10.7 Å². The van der Waals surface area contributed by atoms with Crippen molar-refractivity contribution in [3.8, 4) is 0 Å². The van der Waals surface area contributed by atoms with Gasteiger partial charge in [0.2, 0.25) is 0 Å². The Morgan fingerprint density at radius 3 is 2.41 bits per heavy atom.